The van der Waals surface area contributed by atoms with E-state index in [0.717, 1.165) is 22.6 Å². The van der Waals surface area contributed by atoms with E-state index >= 15 is 0 Å². The molecule has 1 heterocycles. The summed E-state index contributed by atoms with van der Waals surface area (Å²) < 4.78 is 0. The van der Waals surface area contributed by atoms with Crippen LogP contribution in [0.15, 0.2) is 23.4 Å². The van der Waals surface area contributed by atoms with Crippen LogP contribution >= 0.6 is 11.8 Å². The van der Waals surface area contributed by atoms with Gasteiger partial charge in [-0.25, -0.2) is 4.98 Å². The lowest BCUT2D eigenvalue weighted by Gasteiger charge is -2.00. The molecule has 0 radical (unpaired) electrons. The Labute approximate surface area is 98.9 Å². The summed E-state index contributed by atoms with van der Waals surface area (Å²) in [7, 11) is 0. The standard InChI is InChI=1S/C12H13N3S/c1-3-9(7-13)16-12-14-10-5-4-8(2)6-11(10)15-12/h4-6,9H,3H2,1-2H3,(H,14,15). The first-order chi connectivity index (χ1) is 7.72. The van der Waals surface area contributed by atoms with Gasteiger partial charge in [0, 0.05) is 0 Å². The van der Waals surface area contributed by atoms with Crippen molar-refractivity contribution in [2.24, 2.45) is 0 Å². The summed E-state index contributed by atoms with van der Waals surface area (Å²) in [6, 6.07) is 8.37. The maximum absolute atomic E-state index is 8.89. The van der Waals surface area contributed by atoms with Crippen LogP contribution in [0.4, 0.5) is 0 Å². The fourth-order valence-corrected chi connectivity index (χ4v) is 2.30. The summed E-state index contributed by atoms with van der Waals surface area (Å²) in [5.41, 5.74) is 3.20. The Morgan fingerprint density at radius 3 is 3.06 bits per heavy atom. The van der Waals surface area contributed by atoms with Gasteiger partial charge in [-0.2, -0.15) is 5.26 Å². The van der Waals surface area contributed by atoms with E-state index in [2.05, 4.69) is 29.0 Å². The molecule has 0 fully saturated rings. The third-order valence-corrected chi connectivity index (χ3v) is 3.52. The molecule has 2 aromatic rings. The molecule has 1 aromatic carbocycles. The van der Waals surface area contributed by atoms with Crippen LogP contribution in [0.2, 0.25) is 0 Å². The molecule has 16 heavy (non-hydrogen) atoms. The molecule has 0 aliphatic heterocycles. The Kier molecular flexibility index (Phi) is 3.16. The molecule has 0 amide bonds. The summed E-state index contributed by atoms with van der Waals surface area (Å²) in [6.45, 7) is 4.06. The van der Waals surface area contributed by atoms with E-state index in [9.17, 15) is 0 Å². The van der Waals surface area contributed by atoms with E-state index in [1.54, 1.807) is 0 Å². The number of hydrogen-bond acceptors (Lipinski definition) is 3. The summed E-state index contributed by atoms with van der Waals surface area (Å²) in [6.07, 6.45) is 0.831. The van der Waals surface area contributed by atoms with Crippen molar-refractivity contribution in [2.45, 2.75) is 30.7 Å². The Balaban J connectivity index is 2.30. The van der Waals surface area contributed by atoms with Crippen molar-refractivity contribution in [3.63, 3.8) is 0 Å². The Morgan fingerprint density at radius 2 is 2.38 bits per heavy atom. The average molecular weight is 231 g/mol. The topological polar surface area (TPSA) is 52.5 Å². The molecule has 1 atom stereocenters. The molecule has 0 spiro atoms. The number of rotatable bonds is 3. The summed E-state index contributed by atoms with van der Waals surface area (Å²) in [5, 5.41) is 9.70. The van der Waals surface area contributed by atoms with Crippen molar-refractivity contribution in [3.8, 4) is 6.07 Å². The largest absolute Gasteiger partial charge is 0.333 e. The van der Waals surface area contributed by atoms with Gasteiger partial charge in [0.15, 0.2) is 5.16 Å². The van der Waals surface area contributed by atoms with Crippen molar-refractivity contribution < 1.29 is 0 Å². The van der Waals surface area contributed by atoms with Gasteiger partial charge in [-0.1, -0.05) is 24.8 Å². The number of nitrogens with zero attached hydrogens (tertiary/aromatic N) is 2. The van der Waals surface area contributed by atoms with Crippen LogP contribution in [0.5, 0.6) is 0 Å². The average Bonchev–Trinajstić information content (AvgIpc) is 2.67. The minimum Gasteiger partial charge on any atom is -0.333 e. The molecular weight excluding hydrogens is 218 g/mol. The zero-order valence-electron chi connectivity index (χ0n) is 9.32. The highest BCUT2D eigenvalue weighted by Crippen LogP contribution is 2.25. The normalized spacial score (nSPS) is 12.6. The SMILES string of the molecule is CCC(C#N)Sc1nc2ccc(C)cc2[nH]1. The van der Waals surface area contributed by atoms with Crippen molar-refractivity contribution in [2.75, 3.05) is 0 Å². The highest BCUT2D eigenvalue weighted by atomic mass is 32.2. The van der Waals surface area contributed by atoms with Crippen molar-refractivity contribution in [1.29, 1.82) is 5.26 Å². The molecule has 0 saturated carbocycles. The maximum Gasteiger partial charge on any atom is 0.167 e. The molecule has 1 aromatic heterocycles. The van der Waals surface area contributed by atoms with Gasteiger partial charge in [0.05, 0.1) is 22.4 Å². The van der Waals surface area contributed by atoms with E-state index in [1.165, 1.54) is 17.3 Å². The van der Waals surface area contributed by atoms with Crippen LogP contribution in [-0.4, -0.2) is 15.2 Å². The second kappa shape index (κ2) is 4.58. The quantitative estimate of drug-likeness (QED) is 0.825. The molecule has 0 bridgehead atoms. The maximum atomic E-state index is 8.89. The molecule has 1 unspecified atom stereocenters. The van der Waals surface area contributed by atoms with Crippen LogP contribution in [0.25, 0.3) is 11.0 Å². The minimum absolute atomic E-state index is 0.0262. The van der Waals surface area contributed by atoms with Gasteiger partial charge < -0.3 is 4.98 Å². The molecule has 0 aliphatic rings. The fraction of sp³-hybridized carbons (Fsp3) is 0.333. The van der Waals surface area contributed by atoms with E-state index in [0.29, 0.717) is 0 Å². The van der Waals surface area contributed by atoms with E-state index < -0.39 is 0 Å². The lowest BCUT2D eigenvalue weighted by Crippen LogP contribution is -1.95. The second-order valence-electron chi connectivity index (χ2n) is 3.71. The van der Waals surface area contributed by atoms with Crippen molar-refractivity contribution in [1.82, 2.24) is 9.97 Å². The third kappa shape index (κ3) is 2.20. The predicted octanol–water partition coefficient (Wildman–Crippen LogP) is 3.27. The number of imidazole rings is 1. The minimum atomic E-state index is -0.0262. The van der Waals surface area contributed by atoms with E-state index in [1.807, 2.05) is 19.1 Å². The number of thioether (sulfide) groups is 1. The number of aryl methyl sites for hydroxylation is 1. The predicted molar refractivity (Wildman–Crippen MR) is 66.4 cm³/mol. The first-order valence-electron chi connectivity index (χ1n) is 5.25. The van der Waals surface area contributed by atoms with Crippen LogP contribution in [0.1, 0.15) is 18.9 Å². The Morgan fingerprint density at radius 1 is 1.56 bits per heavy atom. The van der Waals surface area contributed by atoms with Gasteiger partial charge in [-0.15, -0.1) is 0 Å². The summed E-state index contributed by atoms with van der Waals surface area (Å²) in [5.74, 6) is 0. The summed E-state index contributed by atoms with van der Waals surface area (Å²) in [4.78, 5) is 7.68. The molecule has 82 valence electrons. The Bertz CT molecular complexity index is 539. The third-order valence-electron chi connectivity index (χ3n) is 2.38. The van der Waals surface area contributed by atoms with E-state index in [-0.39, 0.29) is 5.25 Å². The monoisotopic (exact) mass is 231 g/mol. The molecule has 3 nitrogen and oxygen atoms in total. The van der Waals surface area contributed by atoms with E-state index in [4.69, 9.17) is 5.26 Å². The highest BCUT2D eigenvalue weighted by molar-refractivity contribution is 8.00. The second-order valence-corrected chi connectivity index (χ2v) is 4.90. The van der Waals surface area contributed by atoms with Gasteiger partial charge in [0.1, 0.15) is 0 Å². The van der Waals surface area contributed by atoms with Gasteiger partial charge in [-0.05, 0) is 31.0 Å². The van der Waals surface area contributed by atoms with Gasteiger partial charge in [0.25, 0.3) is 0 Å². The number of aromatic nitrogens is 2. The number of H-pyrrole nitrogens is 1. The number of nitriles is 1. The number of benzene rings is 1. The fourth-order valence-electron chi connectivity index (χ4n) is 1.49. The molecular formula is C12H13N3S. The Hall–Kier alpha value is -1.47. The van der Waals surface area contributed by atoms with Gasteiger partial charge in [-0.3, -0.25) is 0 Å². The van der Waals surface area contributed by atoms with Gasteiger partial charge in [0.2, 0.25) is 0 Å². The zero-order valence-corrected chi connectivity index (χ0v) is 10.1. The van der Waals surface area contributed by atoms with Gasteiger partial charge >= 0.3 is 0 Å². The van der Waals surface area contributed by atoms with Crippen LogP contribution in [0.3, 0.4) is 0 Å². The van der Waals surface area contributed by atoms with Crippen LogP contribution in [-0.2, 0) is 0 Å². The number of fused-ring (bicyclic) bond motifs is 1. The van der Waals surface area contributed by atoms with Crippen molar-refractivity contribution >= 4 is 22.8 Å². The number of nitrogens with one attached hydrogen (secondary N) is 1. The summed E-state index contributed by atoms with van der Waals surface area (Å²) >= 11 is 1.49. The molecule has 0 saturated heterocycles. The number of aromatic amines is 1. The molecule has 0 aliphatic carbocycles. The highest BCUT2D eigenvalue weighted by Gasteiger charge is 2.10. The van der Waals surface area contributed by atoms with Crippen molar-refractivity contribution in [3.05, 3.63) is 23.8 Å². The first kappa shape index (κ1) is 11.0. The lowest BCUT2D eigenvalue weighted by molar-refractivity contribution is 0.969. The smallest absolute Gasteiger partial charge is 0.167 e. The van der Waals surface area contributed by atoms with Crippen LogP contribution in [0, 0.1) is 18.3 Å². The molecule has 1 N–H and O–H groups in total. The molecule has 4 heteroatoms. The number of hydrogen-bond donors (Lipinski definition) is 1. The zero-order chi connectivity index (χ0) is 11.5. The molecule has 2 rings (SSSR count). The van der Waals surface area contributed by atoms with Crippen LogP contribution < -0.4 is 0 Å². The lowest BCUT2D eigenvalue weighted by atomic mass is 10.2. The first-order valence-corrected chi connectivity index (χ1v) is 6.13.